The van der Waals surface area contributed by atoms with Crippen molar-refractivity contribution in [2.75, 3.05) is 6.54 Å². The Balaban J connectivity index is 2.77. The number of carboxylic acids is 1. The molecule has 1 saturated heterocycles. The van der Waals surface area contributed by atoms with Gasteiger partial charge in [-0.05, 0) is 38.5 Å². The van der Waals surface area contributed by atoms with E-state index in [0.717, 1.165) is 32.1 Å². The van der Waals surface area contributed by atoms with Gasteiger partial charge in [-0.25, -0.2) is 9.59 Å². The first-order valence-electron chi connectivity index (χ1n) is 7.31. The maximum absolute atomic E-state index is 12.4. The number of carboxylic acid groups (broad SMARTS) is 1. The van der Waals surface area contributed by atoms with Crippen LogP contribution in [-0.2, 0) is 4.79 Å². The number of rotatable bonds is 5. The zero-order valence-electron chi connectivity index (χ0n) is 12.2. The van der Waals surface area contributed by atoms with Crippen molar-refractivity contribution >= 4 is 12.0 Å². The Labute approximate surface area is 115 Å². The minimum absolute atomic E-state index is 0.211. The summed E-state index contributed by atoms with van der Waals surface area (Å²) in [6, 6.07) is -0.894. The van der Waals surface area contributed by atoms with Gasteiger partial charge in [-0.2, -0.15) is 0 Å². The van der Waals surface area contributed by atoms with Crippen LogP contribution in [0.1, 0.15) is 59.3 Å². The number of urea groups is 1. The third kappa shape index (κ3) is 3.61. The van der Waals surface area contributed by atoms with Crippen LogP contribution in [-0.4, -0.2) is 40.1 Å². The summed E-state index contributed by atoms with van der Waals surface area (Å²) in [6.07, 6.45) is 4.89. The number of carbonyl (C=O) groups excluding carboxylic acids is 1. The molecule has 1 fully saturated rings. The lowest BCUT2D eigenvalue weighted by Crippen LogP contribution is -2.57. The molecule has 0 spiro atoms. The van der Waals surface area contributed by atoms with Gasteiger partial charge in [-0.3, -0.25) is 0 Å². The van der Waals surface area contributed by atoms with Crippen LogP contribution in [0.15, 0.2) is 0 Å². The highest BCUT2D eigenvalue weighted by atomic mass is 16.4. The highest BCUT2D eigenvalue weighted by molar-refractivity contribution is 5.83. The van der Waals surface area contributed by atoms with E-state index in [-0.39, 0.29) is 11.6 Å². The van der Waals surface area contributed by atoms with E-state index >= 15 is 0 Å². The van der Waals surface area contributed by atoms with Crippen molar-refractivity contribution in [3.8, 4) is 0 Å². The molecule has 1 aliphatic heterocycles. The molecule has 5 heteroatoms. The Morgan fingerprint density at radius 3 is 2.26 bits per heavy atom. The van der Waals surface area contributed by atoms with E-state index in [2.05, 4.69) is 26.1 Å². The third-order valence-corrected chi connectivity index (χ3v) is 4.45. The van der Waals surface area contributed by atoms with Crippen LogP contribution < -0.4 is 5.32 Å². The fraction of sp³-hybridized carbons (Fsp3) is 0.857. The van der Waals surface area contributed by atoms with Crippen LogP contribution in [0.25, 0.3) is 0 Å². The molecule has 19 heavy (non-hydrogen) atoms. The maximum Gasteiger partial charge on any atom is 0.326 e. The van der Waals surface area contributed by atoms with Gasteiger partial charge < -0.3 is 15.3 Å². The fourth-order valence-electron chi connectivity index (χ4n) is 2.75. The maximum atomic E-state index is 12.4. The number of carbonyl (C=O) groups is 2. The van der Waals surface area contributed by atoms with Gasteiger partial charge in [0.25, 0.3) is 0 Å². The monoisotopic (exact) mass is 270 g/mol. The smallest absolute Gasteiger partial charge is 0.326 e. The Morgan fingerprint density at radius 1 is 1.21 bits per heavy atom. The van der Waals surface area contributed by atoms with Gasteiger partial charge in [0, 0.05) is 12.1 Å². The quantitative estimate of drug-likeness (QED) is 0.806. The standard InChI is InChI=1S/C14H26N2O3/c1-4-14(5-2,6-3)15-13(19)16-10-8-7-9-11(16)12(17)18/h11H,4-10H2,1-3H3,(H,15,19)(H,17,18). The molecule has 0 saturated carbocycles. The first kappa shape index (κ1) is 15.8. The SMILES string of the molecule is CCC(CC)(CC)NC(=O)N1CCCCC1C(=O)O. The molecule has 0 aromatic carbocycles. The summed E-state index contributed by atoms with van der Waals surface area (Å²) >= 11 is 0. The van der Waals surface area contributed by atoms with Crippen LogP contribution in [0, 0.1) is 0 Å². The van der Waals surface area contributed by atoms with E-state index in [1.54, 1.807) is 0 Å². The van der Waals surface area contributed by atoms with Crippen LogP contribution in [0.3, 0.4) is 0 Å². The normalized spacial score (nSPS) is 20.2. The van der Waals surface area contributed by atoms with Crippen molar-refractivity contribution in [2.45, 2.75) is 70.9 Å². The second-order valence-corrected chi connectivity index (χ2v) is 5.31. The number of piperidine rings is 1. The number of likely N-dealkylation sites (tertiary alicyclic amines) is 1. The Morgan fingerprint density at radius 2 is 1.79 bits per heavy atom. The van der Waals surface area contributed by atoms with Crippen molar-refractivity contribution < 1.29 is 14.7 Å². The lowest BCUT2D eigenvalue weighted by atomic mass is 9.90. The van der Waals surface area contributed by atoms with E-state index in [4.69, 9.17) is 0 Å². The minimum atomic E-state index is -0.898. The molecule has 1 heterocycles. The molecule has 1 atom stereocenters. The Bertz CT molecular complexity index is 318. The van der Waals surface area contributed by atoms with Gasteiger partial charge in [-0.1, -0.05) is 20.8 Å². The highest BCUT2D eigenvalue weighted by Crippen LogP contribution is 2.22. The number of nitrogens with one attached hydrogen (secondary N) is 1. The average Bonchev–Trinajstić information content (AvgIpc) is 2.44. The van der Waals surface area contributed by atoms with Crippen molar-refractivity contribution in [2.24, 2.45) is 0 Å². The summed E-state index contributed by atoms with van der Waals surface area (Å²) in [4.78, 5) is 25.1. The van der Waals surface area contributed by atoms with E-state index in [0.29, 0.717) is 13.0 Å². The van der Waals surface area contributed by atoms with E-state index in [9.17, 15) is 14.7 Å². The molecule has 1 rings (SSSR count). The fourth-order valence-corrected chi connectivity index (χ4v) is 2.75. The van der Waals surface area contributed by atoms with Crippen LogP contribution in [0.2, 0.25) is 0 Å². The molecule has 5 nitrogen and oxygen atoms in total. The largest absolute Gasteiger partial charge is 0.480 e. The molecular formula is C14H26N2O3. The molecule has 2 amide bonds. The number of hydrogen-bond donors (Lipinski definition) is 2. The second kappa shape index (κ2) is 6.78. The molecular weight excluding hydrogens is 244 g/mol. The molecule has 110 valence electrons. The topological polar surface area (TPSA) is 69.6 Å². The molecule has 0 aromatic rings. The molecule has 1 aliphatic rings. The van der Waals surface area contributed by atoms with Crippen molar-refractivity contribution in [3.63, 3.8) is 0 Å². The average molecular weight is 270 g/mol. The molecule has 0 aliphatic carbocycles. The number of aliphatic carboxylic acids is 1. The van der Waals surface area contributed by atoms with Crippen LogP contribution >= 0.6 is 0 Å². The molecule has 1 unspecified atom stereocenters. The summed E-state index contributed by atoms with van der Waals surface area (Å²) in [5, 5.41) is 12.3. The molecule has 0 radical (unpaired) electrons. The van der Waals surface area contributed by atoms with Gasteiger partial charge in [-0.15, -0.1) is 0 Å². The van der Waals surface area contributed by atoms with Crippen LogP contribution in [0.5, 0.6) is 0 Å². The molecule has 0 aromatic heterocycles. The number of nitrogens with zero attached hydrogens (tertiary/aromatic N) is 1. The van der Waals surface area contributed by atoms with E-state index in [1.165, 1.54) is 4.90 Å². The summed E-state index contributed by atoms with van der Waals surface area (Å²) < 4.78 is 0. The predicted octanol–water partition coefficient (Wildman–Crippen LogP) is 2.60. The minimum Gasteiger partial charge on any atom is -0.480 e. The predicted molar refractivity (Wildman–Crippen MR) is 74.1 cm³/mol. The van der Waals surface area contributed by atoms with Gasteiger partial charge in [0.15, 0.2) is 0 Å². The highest BCUT2D eigenvalue weighted by Gasteiger charge is 2.35. The van der Waals surface area contributed by atoms with E-state index in [1.807, 2.05) is 0 Å². The first-order chi connectivity index (χ1) is 8.99. The van der Waals surface area contributed by atoms with Crippen molar-refractivity contribution in [1.82, 2.24) is 10.2 Å². The van der Waals surface area contributed by atoms with Gasteiger partial charge in [0.05, 0.1) is 0 Å². The Kier molecular flexibility index (Phi) is 5.63. The lowest BCUT2D eigenvalue weighted by Gasteiger charge is -2.38. The van der Waals surface area contributed by atoms with Crippen LogP contribution in [0.4, 0.5) is 4.79 Å². The van der Waals surface area contributed by atoms with Gasteiger partial charge in [0.2, 0.25) is 0 Å². The Hall–Kier alpha value is -1.26. The summed E-state index contributed by atoms with van der Waals surface area (Å²) in [5.74, 6) is -0.898. The number of hydrogen-bond acceptors (Lipinski definition) is 2. The van der Waals surface area contributed by atoms with Crippen molar-refractivity contribution in [1.29, 1.82) is 0 Å². The zero-order valence-corrected chi connectivity index (χ0v) is 12.2. The zero-order chi connectivity index (χ0) is 14.5. The van der Waals surface area contributed by atoms with Gasteiger partial charge in [0.1, 0.15) is 6.04 Å². The lowest BCUT2D eigenvalue weighted by molar-refractivity contribution is -0.143. The molecule has 0 bridgehead atoms. The summed E-state index contributed by atoms with van der Waals surface area (Å²) in [6.45, 7) is 6.70. The number of amides is 2. The molecule has 2 N–H and O–H groups in total. The van der Waals surface area contributed by atoms with Crippen molar-refractivity contribution in [3.05, 3.63) is 0 Å². The summed E-state index contributed by atoms with van der Waals surface area (Å²) in [5.41, 5.74) is -0.211. The van der Waals surface area contributed by atoms with Gasteiger partial charge >= 0.3 is 12.0 Å². The second-order valence-electron chi connectivity index (χ2n) is 5.31. The first-order valence-corrected chi connectivity index (χ1v) is 7.31. The third-order valence-electron chi connectivity index (χ3n) is 4.45. The summed E-state index contributed by atoms with van der Waals surface area (Å²) in [7, 11) is 0. The van der Waals surface area contributed by atoms with E-state index < -0.39 is 12.0 Å².